The average Bonchev–Trinajstić information content (AvgIpc) is 2.92. The lowest BCUT2D eigenvalue weighted by atomic mass is 10.1. The molecule has 3 nitrogen and oxygen atoms in total. The standard InChI is InChI=1S/C20H20FN3/c1-23-19-14-24(13-15-6-5-9-17(21)12-15)11-10-18(19)22-20(23)16-7-3-2-4-8-16/h2-9,12H,10-11,13-14H2,1H3. The first-order valence-corrected chi connectivity index (χ1v) is 8.27. The van der Waals surface area contributed by atoms with E-state index in [-0.39, 0.29) is 5.82 Å². The van der Waals surface area contributed by atoms with E-state index < -0.39 is 0 Å². The molecule has 4 rings (SSSR count). The van der Waals surface area contributed by atoms with Gasteiger partial charge in [0.25, 0.3) is 0 Å². The first kappa shape index (κ1) is 15.1. The molecule has 0 fully saturated rings. The fraction of sp³-hybridized carbons (Fsp3) is 0.250. The molecule has 4 heteroatoms. The van der Waals surface area contributed by atoms with Crippen LogP contribution in [0.4, 0.5) is 4.39 Å². The summed E-state index contributed by atoms with van der Waals surface area (Å²) < 4.78 is 15.6. The lowest BCUT2D eigenvalue weighted by Gasteiger charge is -2.27. The molecule has 0 amide bonds. The molecular weight excluding hydrogens is 301 g/mol. The van der Waals surface area contributed by atoms with Crippen molar-refractivity contribution in [3.8, 4) is 11.4 Å². The van der Waals surface area contributed by atoms with Crippen LogP contribution in [-0.2, 0) is 26.6 Å². The third kappa shape index (κ3) is 2.85. The van der Waals surface area contributed by atoms with Crippen LogP contribution in [-0.4, -0.2) is 21.0 Å². The fourth-order valence-corrected chi connectivity index (χ4v) is 3.42. The molecule has 0 saturated carbocycles. The molecule has 2 heterocycles. The Bertz CT molecular complexity index is 855. The highest BCUT2D eigenvalue weighted by atomic mass is 19.1. The van der Waals surface area contributed by atoms with Crippen LogP contribution in [0, 0.1) is 5.82 Å². The van der Waals surface area contributed by atoms with E-state index in [1.54, 1.807) is 12.1 Å². The van der Waals surface area contributed by atoms with Crippen LogP contribution in [0.2, 0.25) is 0 Å². The van der Waals surface area contributed by atoms with Crippen molar-refractivity contribution in [2.75, 3.05) is 6.54 Å². The molecule has 0 aliphatic carbocycles. The van der Waals surface area contributed by atoms with E-state index >= 15 is 0 Å². The highest BCUT2D eigenvalue weighted by Crippen LogP contribution is 2.26. The Kier molecular flexibility index (Phi) is 3.90. The largest absolute Gasteiger partial charge is 0.330 e. The van der Waals surface area contributed by atoms with Gasteiger partial charge in [-0.15, -0.1) is 0 Å². The number of hydrogen-bond acceptors (Lipinski definition) is 2. The van der Waals surface area contributed by atoms with Crippen LogP contribution in [0.15, 0.2) is 54.6 Å². The van der Waals surface area contributed by atoms with Gasteiger partial charge < -0.3 is 4.57 Å². The summed E-state index contributed by atoms with van der Waals surface area (Å²) in [7, 11) is 2.08. The van der Waals surface area contributed by atoms with E-state index in [0.29, 0.717) is 0 Å². The zero-order chi connectivity index (χ0) is 16.5. The first-order valence-electron chi connectivity index (χ1n) is 8.27. The molecule has 122 valence electrons. The van der Waals surface area contributed by atoms with Gasteiger partial charge in [0.15, 0.2) is 0 Å². The van der Waals surface area contributed by atoms with Gasteiger partial charge in [-0.05, 0) is 17.7 Å². The molecule has 3 aromatic rings. The van der Waals surface area contributed by atoms with Crippen molar-refractivity contribution in [1.29, 1.82) is 0 Å². The zero-order valence-electron chi connectivity index (χ0n) is 13.7. The van der Waals surface area contributed by atoms with Crippen molar-refractivity contribution >= 4 is 0 Å². The van der Waals surface area contributed by atoms with Gasteiger partial charge in [-0.2, -0.15) is 0 Å². The second kappa shape index (κ2) is 6.21. The van der Waals surface area contributed by atoms with E-state index in [2.05, 4.69) is 28.6 Å². The Morgan fingerprint density at radius 2 is 1.92 bits per heavy atom. The van der Waals surface area contributed by atoms with Crippen molar-refractivity contribution in [2.24, 2.45) is 7.05 Å². The molecule has 0 radical (unpaired) electrons. The monoisotopic (exact) mass is 321 g/mol. The van der Waals surface area contributed by atoms with Crippen LogP contribution < -0.4 is 0 Å². The lowest BCUT2D eigenvalue weighted by Crippen LogP contribution is -2.31. The number of nitrogens with zero attached hydrogens (tertiary/aromatic N) is 3. The molecule has 1 aromatic heterocycles. The van der Waals surface area contributed by atoms with Crippen molar-refractivity contribution in [1.82, 2.24) is 14.5 Å². The Morgan fingerprint density at radius 3 is 2.71 bits per heavy atom. The summed E-state index contributed by atoms with van der Waals surface area (Å²) in [5.74, 6) is 0.852. The summed E-state index contributed by atoms with van der Waals surface area (Å²) in [6.45, 7) is 2.57. The normalized spacial score (nSPS) is 14.6. The molecular formula is C20H20FN3. The summed E-state index contributed by atoms with van der Waals surface area (Å²) >= 11 is 0. The van der Waals surface area contributed by atoms with E-state index in [1.165, 1.54) is 17.5 Å². The Hall–Kier alpha value is -2.46. The third-order valence-corrected chi connectivity index (χ3v) is 4.66. The number of rotatable bonds is 3. The Labute approximate surface area is 141 Å². The van der Waals surface area contributed by atoms with Gasteiger partial charge in [0.1, 0.15) is 11.6 Å². The minimum absolute atomic E-state index is 0.169. The highest BCUT2D eigenvalue weighted by Gasteiger charge is 2.23. The number of fused-ring (bicyclic) bond motifs is 1. The predicted molar refractivity (Wildman–Crippen MR) is 92.9 cm³/mol. The van der Waals surface area contributed by atoms with Gasteiger partial charge in [0, 0.05) is 38.7 Å². The van der Waals surface area contributed by atoms with Crippen LogP contribution >= 0.6 is 0 Å². The average molecular weight is 321 g/mol. The van der Waals surface area contributed by atoms with Crippen LogP contribution in [0.25, 0.3) is 11.4 Å². The molecule has 0 saturated heterocycles. The number of halogens is 1. The van der Waals surface area contributed by atoms with Gasteiger partial charge in [0.2, 0.25) is 0 Å². The molecule has 0 unspecified atom stereocenters. The summed E-state index contributed by atoms with van der Waals surface area (Å²) in [5, 5.41) is 0. The highest BCUT2D eigenvalue weighted by molar-refractivity contribution is 5.56. The number of hydrogen-bond donors (Lipinski definition) is 0. The van der Waals surface area contributed by atoms with Crippen LogP contribution in [0.5, 0.6) is 0 Å². The molecule has 2 aromatic carbocycles. The maximum Gasteiger partial charge on any atom is 0.140 e. The van der Waals surface area contributed by atoms with Gasteiger partial charge in [-0.25, -0.2) is 9.37 Å². The molecule has 0 bridgehead atoms. The molecule has 0 spiro atoms. The molecule has 1 aliphatic heterocycles. The minimum Gasteiger partial charge on any atom is -0.330 e. The molecule has 24 heavy (non-hydrogen) atoms. The summed E-state index contributed by atoms with van der Waals surface area (Å²) in [5.41, 5.74) is 4.61. The maximum absolute atomic E-state index is 13.4. The number of imidazole rings is 1. The first-order chi connectivity index (χ1) is 11.7. The smallest absolute Gasteiger partial charge is 0.140 e. The SMILES string of the molecule is Cn1c(-c2ccccc2)nc2c1CN(Cc1cccc(F)c1)CC2. The second-order valence-corrected chi connectivity index (χ2v) is 6.34. The van der Waals surface area contributed by atoms with Gasteiger partial charge in [-0.1, -0.05) is 42.5 Å². The third-order valence-electron chi connectivity index (χ3n) is 4.66. The maximum atomic E-state index is 13.4. The molecule has 1 aliphatic rings. The van der Waals surface area contributed by atoms with Gasteiger partial charge in [0.05, 0.1) is 11.4 Å². The number of aromatic nitrogens is 2. The quantitative estimate of drug-likeness (QED) is 0.732. The van der Waals surface area contributed by atoms with E-state index in [9.17, 15) is 4.39 Å². The summed E-state index contributed by atoms with van der Waals surface area (Å²) in [6.07, 6.45) is 0.936. The minimum atomic E-state index is -0.169. The Morgan fingerprint density at radius 1 is 1.08 bits per heavy atom. The summed E-state index contributed by atoms with van der Waals surface area (Å²) in [4.78, 5) is 7.21. The Balaban J connectivity index is 1.58. The molecule has 0 atom stereocenters. The van der Waals surface area contributed by atoms with Crippen molar-refractivity contribution in [2.45, 2.75) is 19.5 Å². The zero-order valence-corrected chi connectivity index (χ0v) is 13.7. The van der Waals surface area contributed by atoms with Crippen LogP contribution in [0.1, 0.15) is 17.0 Å². The van der Waals surface area contributed by atoms with Crippen molar-refractivity contribution in [3.63, 3.8) is 0 Å². The van der Waals surface area contributed by atoms with E-state index in [1.807, 2.05) is 24.3 Å². The van der Waals surface area contributed by atoms with Crippen LogP contribution in [0.3, 0.4) is 0 Å². The van der Waals surface area contributed by atoms with Crippen molar-refractivity contribution < 1.29 is 4.39 Å². The number of benzene rings is 2. The fourth-order valence-electron chi connectivity index (χ4n) is 3.42. The van der Waals surface area contributed by atoms with E-state index in [4.69, 9.17) is 4.98 Å². The topological polar surface area (TPSA) is 21.1 Å². The second-order valence-electron chi connectivity index (χ2n) is 6.34. The van der Waals surface area contributed by atoms with E-state index in [0.717, 1.165) is 43.0 Å². The van der Waals surface area contributed by atoms with Crippen molar-refractivity contribution in [3.05, 3.63) is 77.4 Å². The lowest BCUT2D eigenvalue weighted by molar-refractivity contribution is 0.238. The van der Waals surface area contributed by atoms with Gasteiger partial charge in [-0.3, -0.25) is 4.90 Å². The predicted octanol–water partition coefficient (Wildman–Crippen LogP) is 3.78. The summed E-state index contributed by atoms with van der Waals surface area (Å²) in [6, 6.07) is 17.2. The van der Waals surface area contributed by atoms with Gasteiger partial charge >= 0.3 is 0 Å². The molecule has 0 N–H and O–H groups in total.